The number of pyridine rings is 1. The Morgan fingerprint density at radius 1 is 1.47 bits per heavy atom. The van der Waals surface area contributed by atoms with Crippen LogP contribution in [0.3, 0.4) is 0 Å². The third-order valence-corrected chi connectivity index (χ3v) is 3.21. The first kappa shape index (κ1) is 13.5. The lowest BCUT2D eigenvalue weighted by Gasteiger charge is -2.33. The zero-order chi connectivity index (χ0) is 13.8. The minimum atomic E-state index is -0.248. The average molecular weight is 262 g/mol. The van der Waals surface area contributed by atoms with E-state index in [1.54, 1.807) is 6.20 Å². The smallest absolute Gasteiger partial charge is 0.243 e. The normalized spacial score (nSPS) is 20.2. The topological polar surface area (TPSA) is 74.3 Å². The van der Waals surface area contributed by atoms with Gasteiger partial charge in [-0.15, -0.1) is 0 Å². The molecule has 1 fully saturated rings. The molecule has 19 heavy (non-hydrogen) atoms. The van der Waals surface area contributed by atoms with Gasteiger partial charge in [0, 0.05) is 19.8 Å². The van der Waals surface area contributed by atoms with Crippen molar-refractivity contribution in [1.82, 2.24) is 15.2 Å². The minimum Gasteiger partial charge on any atom is -0.373 e. The van der Waals surface area contributed by atoms with Gasteiger partial charge in [-0.3, -0.25) is 19.8 Å². The summed E-state index contributed by atoms with van der Waals surface area (Å²) >= 11 is 0. The summed E-state index contributed by atoms with van der Waals surface area (Å²) in [5.74, 6) is 0.344. The number of hydrogen-bond donors (Lipinski definition) is 2. The van der Waals surface area contributed by atoms with Crippen molar-refractivity contribution in [3.05, 3.63) is 23.9 Å². The van der Waals surface area contributed by atoms with Crippen LogP contribution in [-0.2, 0) is 16.1 Å². The van der Waals surface area contributed by atoms with Crippen LogP contribution in [0.1, 0.15) is 18.9 Å². The number of aromatic nitrogens is 1. The maximum Gasteiger partial charge on any atom is 0.243 e. The number of piperazine rings is 1. The molecule has 1 aliphatic heterocycles. The first-order chi connectivity index (χ1) is 9.13. The van der Waals surface area contributed by atoms with E-state index >= 15 is 0 Å². The van der Waals surface area contributed by atoms with Crippen LogP contribution < -0.4 is 10.6 Å². The number of amides is 2. The van der Waals surface area contributed by atoms with Crippen LogP contribution in [0, 0.1) is 0 Å². The lowest BCUT2D eigenvalue weighted by Crippen LogP contribution is -2.57. The van der Waals surface area contributed by atoms with Crippen molar-refractivity contribution in [3.8, 4) is 0 Å². The van der Waals surface area contributed by atoms with Gasteiger partial charge in [0.05, 0.1) is 12.6 Å². The molecule has 1 aliphatic rings. The Morgan fingerprint density at radius 3 is 2.84 bits per heavy atom. The fraction of sp³-hybridized carbons (Fsp3) is 0.462. The van der Waals surface area contributed by atoms with E-state index in [-0.39, 0.29) is 24.4 Å². The molecule has 0 radical (unpaired) electrons. The lowest BCUT2D eigenvalue weighted by atomic mass is 10.1. The standard InChI is InChI=1S/C13H18N4O2/c1-3-10-13(19)16-12(18)8-17(10)7-9-4-5-11(14-2)15-6-9/h4-6,10H,3,7-8H2,1-2H3,(H,14,15)(H,16,18,19). The molecule has 0 saturated carbocycles. The Kier molecular flexibility index (Phi) is 4.11. The van der Waals surface area contributed by atoms with E-state index in [4.69, 9.17) is 0 Å². The summed E-state index contributed by atoms with van der Waals surface area (Å²) in [5, 5.41) is 5.32. The number of anilines is 1. The van der Waals surface area contributed by atoms with Crippen LogP contribution in [0.15, 0.2) is 18.3 Å². The molecule has 6 heteroatoms. The van der Waals surface area contributed by atoms with Crippen LogP contribution in [-0.4, -0.2) is 41.3 Å². The second kappa shape index (κ2) is 5.79. The van der Waals surface area contributed by atoms with Gasteiger partial charge in [-0.2, -0.15) is 0 Å². The van der Waals surface area contributed by atoms with Gasteiger partial charge in [0.1, 0.15) is 5.82 Å². The number of hydrogen-bond acceptors (Lipinski definition) is 5. The molecule has 1 saturated heterocycles. The molecule has 1 aromatic heterocycles. The van der Waals surface area contributed by atoms with Gasteiger partial charge in [-0.1, -0.05) is 13.0 Å². The van der Waals surface area contributed by atoms with Crippen molar-refractivity contribution in [2.75, 3.05) is 18.9 Å². The molecule has 6 nitrogen and oxygen atoms in total. The summed E-state index contributed by atoms with van der Waals surface area (Å²) in [6.07, 6.45) is 2.44. The van der Waals surface area contributed by atoms with E-state index in [2.05, 4.69) is 15.6 Å². The molecule has 102 valence electrons. The van der Waals surface area contributed by atoms with E-state index < -0.39 is 0 Å². The number of carbonyl (C=O) groups is 2. The summed E-state index contributed by atoms with van der Waals surface area (Å²) in [4.78, 5) is 29.3. The van der Waals surface area contributed by atoms with Gasteiger partial charge < -0.3 is 5.32 Å². The zero-order valence-electron chi connectivity index (χ0n) is 11.1. The van der Waals surface area contributed by atoms with Gasteiger partial charge in [0.25, 0.3) is 0 Å². The monoisotopic (exact) mass is 262 g/mol. The van der Waals surface area contributed by atoms with Crippen LogP contribution >= 0.6 is 0 Å². The Balaban J connectivity index is 2.10. The van der Waals surface area contributed by atoms with Crippen molar-refractivity contribution in [2.24, 2.45) is 0 Å². The first-order valence-corrected chi connectivity index (χ1v) is 6.34. The summed E-state index contributed by atoms with van der Waals surface area (Å²) in [6.45, 7) is 2.74. The van der Waals surface area contributed by atoms with E-state index in [9.17, 15) is 9.59 Å². The van der Waals surface area contributed by atoms with Crippen molar-refractivity contribution in [2.45, 2.75) is 25.9 Å². The molecule has 0 spiro atoms. The Hall–Kier alpha value is -1.95. The summed E-state index contributed by atoms with van der Waals surface area (Å²) in [6, 6.07) is 3.58. The van der Waals surface area contributed by atoms with Crippen molar-refractivity contribution in [1.29, 1.82) is 0 Å². The number of nitrogens with one attached hydrogen (secondary N) is 2. The number of carbonyl (C=O) groups excluding carboxylic acids is 2. The number of rotatable bonds is 4. The largest absolute Gasteiger partial charge is 0.373 e. The van der Waals surface area contributed by atoms with Gasteiger partial charge in [-0.25, -0.2) is 4.98 Å². The molecule has 1 aromatic rings. The van der Waals surface area contributed by atoms with Crippen LogP contribution in [0.5, 0.6) is 0 Å². The highest BCUT2D eigenvalue weighted by Crippen LogP contribution is 2.14. The lowest BCUT2D eigenvalue weighted by molar-refractivity contribution is -0.140. The summed E-state index contributed by atoms with van der Waals surface area (Å²) in [7, 11) is 1.81. The maximum atomic E-state index is 11.7. The highest BCUT2D eigenvalue weighted by molar-refractivity contribution is 6.01. The maximum absolute atomic E-state index is 11.7. The van der Waals surface area contributed by atoms with Gasteiger partial charge in [0.15, 0.2) is 0 Å². The van der Waals surface area contributed by atoms with Crippen LogP contribution in [0.4, 0.5) is 5.82 Å². The fourth-order valence-corrected chi connectivity index (χ4v) is 2.23. The average Bonchev–Trinajstić information content (AvgIpc) is 2.39. The Morgan fingerprint density at radius 2 is 2.26 bits per heavy atom. The van der Waals surface area contributed by atoms with Crippen molar-refractivity contribution in [3.63, 3.8) is 0 Å². The molecule has 0 bridgehead atoms. The van der Waals surface area contributed by atoms with Gasteiger partial charge in [-0.05, 0) is 18.1 Å². The highest BCUT2D eigenvalue weighted by atomic mass is 16.2. The molecule has 2 rings (SSSR count). The highest BCUT2D eigenvalue weighted by Gasteiger charge is 2.32. The predicted molar refractivity (Wildman–Crippen MR) is 71.4 cm³/mol. The zero-order valence-corrected chi connectivity index (χ0v) is 11.1. The van der Waals surface area contributed by atoms with Crippen LogP contribution in [0.2, 0.25) is 0 Å². The molecule has 1 unspecified atom stereocenters. The molecular formula is C13H18N4O2. The van der Waals surface area contributed by atoms with Crippen LogP contribution in [0.25, 0.3) is 0 Å². The van der Waals surface area contributed by atoms with Gasteiger partial charge >= 0.3 is 0 Å². The van der Waals surface area contributed by atoms with E-state index in [1.165, 1.54) is 0 Å². The first-order valence-electron chi connectivity index (χ1n) is 6.34. The molecular weight excluding hydrogens is 244 g/mol. The molecule has 0 aromatic carbocycles. The van der Waals surface area contributed by atoms with Gasteiger partial charge in [0.2, 0.25) is 11.8 Å². The summed E-state index contributed by atoms with van der Waals surface area (Å²) in [5.41, 5.74) is 0.986. The van der Waals surface area contributed by atoms with Crippen molar-refractivity contribution < 1.29 is 9.59 Å². The number of imide groups is 1. The minimum absolute atomic E-state index is 0.210. The van der Waals surface area contributed by atoms with Crippen molar-refractivity contribution >= 4 is 17.6 Å². The SMILES string of the molecule is CCC1C(=O)NC(=O)CN1Cc1ccc(NC)nc1. The Bertz CT molecular complexity index is 472. The molecule has 1 atom stereocenters. The fourth-order valence-electron chi connectivity index (χ4n) is 2.23. The number of nitrogens with zero attached hydrogens (tertiary/aromatic N) is 2. The quantitative estimate of drug-likeness (QED) is 0.766. The molecule has 2 heterocycles. The van der Waals surface area contributed by atoms with E-state index in [0.717, 1.165) is 11.4 Å². The molecule has 2 N–H and O–H groups in total. The third-order valence-electron chi connectivity index (χ3n) is 3.21. The summed E-state index contributed by atoms with van der Waals surface area (Å²) < 4.78 is 0. The van der Waals surface area contributed by atoms with E-state index in [1.807, 2.05) is 31.0 Å². The molecule has 0 aliphatic carbocycles. The second-order valence-electron chi connectivity index (χ2n) is 4.54. The third kappa shape index (κ3) is 3.08. The Labute approximate surface area is 112 Å². The second-order valence-corrected chi connectivity index (χ2v) is 4.54. The predicted octanol–water partition coefficient (Wildman–Crippen LogP) is 0.360. The molecule has 2 amide bonds. The van der Waals surface area contributed by atoms with E-state index in [0.29, 0.717) is 13.0 Å².